The lowest BCUT2D eigenvalue weighted by atomic mass is 10.0. The van der Waals surface area contributed by atoms with E-state index in [1.807, 2.05) is 0 Å². The summed E-state index contributed by atoms with van der Waals surface area (Å²) in [6, 6.07) is 0.857. The van der Waals surface area contributed by atoms with Gasteiger partial charge in [-0.3, -0.25) is 4.90 Å². The molecule has 0 aromatic heterocycles. The molecular formula is C9H19NS. The molecule has 1 heterocycles. The Hall–Kier alpha value is 0.310. The molecule has 1 fully saturated rings. The summed E-state index contributed by atoms with van der Waals surface area (Å²) in [5, 5.41) is 0. The molecule has 1 aliphatic rings. The van der Waals surface area contributed by atoms with Gasteiger partial charge in [-0.15, -0.1) is 0 Å². The Morgan fingerprint density at radius 2 is 2.27 bits per heavy atom. The maximum absolute atomic E-state index is 4.27. The van der Waals surface area contributed by atoms with Crippen molar-refractivity contribution in [1.29, 1.82) is 0 Å². The number of likely N-dealkylation sites (tertiary alicyclic amines) is 1. The van der Waals surface area contributed by atoms with E-state index in [-0.39, 0.29) is 0 Å². The molecule has 1 nitrogen and oxygen atoms in total. The first-order valence-corrected chi connectivity index (χ1v) is 5.36. The fourth-order valence-electron chi connectivity index (χ4n) is 1.95. The van der Waals surface area contributed by atoms with Crippen molar-refractivity contribution in [2.45, 2.75) is 38.6 Å². The molecular weight excluding hydrogens is 154 g/mol. The van der Waals surface area contributed by atoms with Gasteiger partial charge in [-0.05, 0) is 25.8 Å². The van der Waals surface area contributed by atoms with Crippen molar-refractivity contribution in [3.8, 4) is 0 Å². The van der Waals surface area contributed by atoms with Crippen LogP contribution in [0, 0.1) is 0 Å². The molecule has 1 rings (SSSR count). The first kappa shape index (κ1) is 9.40. The summed E-state index contributed by atoms with van der Waals surface area (Å²) in [6.07, 6.45) is 5.55. The maximum Gasteiger partial charge on any atom is 0.00929 e. The summed E-state index contributed by atoms with van der Waals surface area (Å²) >= 11 is 4.27. The van der Waals surface area contributed by atoms with Gasteiger partial charge in [-0.2, -0.15) is 12.6 Å². The van der Waals surface area contributed by atoms with E-state index in [9.17, 15) is 0 Å². The average molecular weight is 173 g/mol. The topological polar surface area (TPSA) is 3.24 Å². The van der Waals surface area contributed by atoms with Gasteiger partial charge < -0.3 is 0 Å². The highest BCUT2D eigenvalue weighted by Gasteiger charge is 2.19. The van der Waals surface area contributed by atoms with Gasteiger partial charge in [-0.25, -0.2) is 0 Å². The van der Waals surface area contributed by atoms with E-state index < -0.39 is 0 Å². The van der Waals surface area contributed by atoms with Crippen LogP contribution in [0.25, 0.3) is 0 Å². The van der Waals surface area contributed by atoms with E-state index in [0.717, 1.165) is 11.8 Å². The lowest BCUT2D eigenvalue weighted by Gasteiger charge is -2.34. The van der Waals surface area contributed by atoms with Crippen molar-refractivity contribution < 1.29 is 0 Å². The van der Waals surface area contributed by atoms with E-state index in [1.165, 1.54) is 38.8 Å². The van der Waals surface area contributed by atoms with Gasteiger partial charge in [0.2, 0.25) is 0 Å². The van der Waals surface area contributed by atoms with Crippen molar-refractivity contribution in [3.63, 3.8) is 0 Å². The van der Waals surface area contributed by atoms with Gasteiger partial charge in [0, 0.05) is 18.3 Å². The molecule has 0 aliphatic carbocycles. The lowest BCUT2D eigenvalue weighted by Crippen LogP contribution is -2.40. The zero-order valence-electron chi connectivity index (χ0n) is 7.42. The highest BCUT2D eigenvalue weighted by atomic mass is 32.1. The standard InChI is InChI=1S/C9H19NS/c1-2-9-5-3-4-6-10(9)7-8-11/h9,11H,2-8H2,1H3. The second kappa shape index (κ2) is 5.04. The zero-order valence-corrected chi connectivity index (χ0v) is 8.32. The van der Waals surface area contributed by atoms with Crippen LogP contribution in [0.5, 0.6) is 0 Å². The van der Waals surface area contributed by atoms with Crippen molar-refractivity contribution in [3.05, 3.63) is 0 Å². The number of rotatable bonds is 3. The minimum atomic E-state index is 0.857. The molecule has 1 saturated heterocycles. The Kier molecular flexibility index (Phi) is 4.31. The van der Waals surface area contributed by atoms with E-state index >= 15 is 0 Å². The van der Waals surface area contributed by atoms with Gasteiger partial charge in [0.1, 0.15) is 0 Å². The maximum atomic E-state index is 4.27. The van der Waals surface area contributed by atoms with Gasteiger partial charge >= 0.3 is 0 Å². The molecule has 0 radical (unpaired) electrons. The van der Waals surface area contributed by atoms with Gasteiger partial charge in [-0.1, -0.05) is 13.3 Å². The summed E-state index contributed by atoms with van der Waals surface area (Å²) in [5.41, 5.74) is 0. The molecule has 1 aliphatic heterocycles. The van der Waals surface area contributed by atoms with Crippen LogP contribution in [0.15, 0.2) is 0 Å². The molecule has 0 N–H and O–H groups in total. The fraction of sp³-hybridized carbons (Fsp3) is 1.00. The summed E-state index contributed by atoms with van der Waals surface area (Å²) in [6.45, 7) is 4.78. The third-order valence-corrected chi connectivity index (χ3v) is 2.81. The second-order valence-electron chi connectivity index (χ2n) is 3.32. The smallest absolute Gasteiger partial charge is 0.00929 e. The molecule has 0 amide bonds. The van der Waals surface area contributed by atoms with Crippen LogP contribution in [-0.4, -0.2) is 29.8 Å². The van der Waals surface area contributed by atoms with Gasteiger partial charge in [0.15, 0.2) is 0 Å². The predicted molar refractivity (Wildman–Crippen MR) is 53.4 cm³/mol. The third-order valence-electron chi connectivity index (χ3n) is 2.61. The Morgan fingerprint density at radius 1 is 1.45 bits per heavy atom. The Labute approximate surface area is 75.6 Å². The van der Waals surface area contributed by atoms with Crippen LogP contribution >= 0.6 is 12.6 Å². The molecule has 0 saturated carbocycles. The van der Waals surface area contributed by atoms with E-state index in [4.69, 9.17) is 0 Å². The summed E-state index contributed by atoms with van der Waals surface area (Å²) < 4.78 is 0. The van der Waals surface area contributed by atoms with Crippen LogP contribution in [0.4, 0.5) is 0 Å². The van der Waals surface area contributed by atoms with Crippen molar-refractivity contribution in [1.82, 2.24) is 4.90 Å². The predicted octanol–water partition coefficient (Wildman–Crippen LogP) is 2.18. The minimum absolute atomic E-state index is 0.857. The SMILES string of the molecule is CCC1CCCCN1CCS. The summed E-state index contributed by atoms with van der Waals surface area (Å²) in [7, 11) is 0. The van der Waals surface area contributed by atoms with E-state index in [0.29, 0.717) is 0 Å². The molecule has 0 aromatic carbocycles. The fourth-order valence-corrected chi connectivity index (χ4v) is 2.20. The third kappa shape index (κ3) is 2.68. The van der Waals surface area contributed by atoms with Crippen LogP contribution in [0.3, 0.4) is 0 Å². The molecule has 0 aromatic rings. The lowest BCUT2D eigenvalue weighted by molar-refractivity contribution is 0.154. The summed E-state index contributed by atoms with van der Waals surface area (Å²) in [4.78, 5) is 2.59. The Bertz CT molecular complexity index is 104. The molecule has 0 bridgehead atoms. The number of hydrogen-bond acceptors (Lipinski definition) is 2. The number of hydrogen-bond donors (Lipinski definition) is 1. The molecule has 1 atom stereocenters. The van der Waals surface area contributed by atoms with Crippen molar-refractivity contribution in [2.24, 2.45) is 0 Å². The van der Waals surface area contributed by atoms with Crippen molar-refractivity contribution >= 4 is 12.6 Å². The highest BCUT2D eigenvalue weighted by molar-refractivity contribution is 7.80. The second-order valence-corrected chi connectivity index (χ2v) is 3.76. The monoisotopic (exact) mass is 173 g/mol. The van der Waals surface area contributed by atoms with E-state index in [2.05, 4.69) is 24.5 Å². The number of nitrogens with zero attached hydrogens (tertiary/aromatic N) is 1. The first-order chi connectivity index (χ1) is 5.38. The summed E-state index contributed by atoms with van der Waals surface area (Å²) in [5.74, 6) is 1.01. The molecule has 66 valence electrons. The first-order valence-electron chi connectivity index (χ1n) is 4.73. The van der Waals surface area contributed by atoms with E-state index in [1.54, 1.807) is 0 Å². The Morgan fingerprint density at radius 3 is 2.91 bits per heavy atom. The van der Waals surface area contributed by atoms with Gasteiger partial charge in [0.05, 0.1) is 0 Å². The minimum Gasteiger partial charge on any atom is -0.300 e. The zero-order chi connectivity index (χ0) is 8.10. The molecule has 1 unspecified atom stereocenters. The van der Waals surface area contributed by atoms with Crippen LogP contribution in [0.2, 0.25) is 0 Å². The average Bonchev–Trinajstić information content (AvgIpc) is 2.06. The Balaban J connectivity index is 2.31. The molecule has 11 heavy (non-hydrogen) atoms. The van der Waals surface area contributed by atoms with Crippen LogP contribution in [-0.2, 0) is 0 Å². The van der Waals surface area contributed by atoms with Gasteiger partial charge in [0.25, 0.3) is 0 Å². The van der Waals surface area contributed by atoms with Crippen LogP contribution in [0.1, 0.15) is 32.6 Å². The normalized spacial score (nSPS) is 27.3. The van der Waals surface area contributed by atoms with Crippen molar-refractivity contribution in [2.75, 3.05) is 18.8 Å². The highest BCUT2D eigenvalue weighted by Crippen LogP contribution is 2.18. The largest absolute Gasteiger partial charge is 0.300 e. The molecule has 0 spiro atoms. The van der Waals surface area contributed by atoms with Crippen LogP contribution < -0.4 is 0 Å². The number of thiol groups is 1. The number of piperidine rings is 1. The molecule has 2 heteroatoms. The quantitative estimate of drug-likeness (QED) is 0.640.